The quantitative estimate of drug-likeness (QED) is 0.743. The molecule has 0 spiro atoms. The minimum absolute atomic E-state index is 0.0455. The van der Waals surface area contributed by atoms with Gasteiger partial charge in [0.15, 0.2) is 5.76 Å². The topological polar surface area (TPSA) is 63.3 Å². The van der Waals surface area contributed by atoms with Crippen molar-refractivity contribution in [3.05, 3.63) is 60.0 Å². The van der Waals surface area contributed by atoms with Crippen LogP contribution in [0.25, 0.3) is 17.1 Å². The van der Waals surface area contributed by atoms with E-state index in [4.69, 9.17) is 9.52 Å². The normalized spacial score (nSPS) is 21.8. The summed E-state index contributed by atoms with van der Waals surface area (Å²) in [7, 11) is 0. The monoisotopic (exact) mass is 390 g/mol. The summed E-state index contributed by atoms with van der Waals surface area (Å²) in [5.41, 5.74) is 2.14. The molecule has 150 valence electrons. The summed E-state index contributed by atoms with van der Waals surface area (Å²) in [4.78, 5) is 15.5. The van der Waals surface area contributed by atoms with Crippen LogP contribution in [0.3, 0.4) is 0 Å². The zero-order chi connectivity index (χ0) is 19.8. The summed E-state index contributed by atoms with van der Waals surface area (Å²) in [6.45, 7) is 5.66. The molecule has 5 rings (SSSR count). The molecule has 6 nitrogen and oxygen atoms in total. The van der Waals surface area contributed by atoms with Crippen molar-refractivity contribution in [2.24, 2.45) is 11.8 Å². The molecule has 2 fully saturated rings. The number of nitrogens with zero attached hydrogens (tertiary/aromatic N) is 3. The zero-order valence-corrected chi connectivity index (χ0v) is 16.7. The standard InChI is InChI=1S/C23H26N4O2/c1-16-7-8-21(29-16)22-20(15-27(25-22)19-5-3-2-4-6-19)23(28)26-11-9-17-13-24-14-18(17)10-12-26/h2-8,15,17-18,24H,9-14H2,1H3/t17-,18+. The van der Waals surface area contributed by atoms with Crippen molar-refractivity contribution in [1.82, 2.24) is 20.0 Å². The Bertz CT molecular complexity index is 993. The number of aryl methyl sites for hydroxylation is 1. The number of fused-ring (bicyclic) bond motifs is 1. The molecule has 2 aliphatic rings. The molecule has 2 saturated heterocycles. The first-order valence-corrected chi connectivity index (χ1v) is 10.4. The molecule has 3 aromatic rings. The summed E-state index contributed by atoms with van der Waals surface area (Å²) < 4.78 is 7.60. The first kappa shape index (κ1) is 18.2. The number of benzene rings is 1. The van der Waals surface area contributed by atoms with Crippen LogP contribution in [0.4, 0.5) is 0 Å². The van der Waals surface area contributed by atoms with E-state index < -0.39 is 0 Å². The van der Waals surface area contributed by atoms with Gasteiger partial charge in [-0.1, -0.05) is 18.2 Å². The maximum atomic E-state index is 13.5. The van der Waals surface area contributed by atoms with Gasteiger partial charge in [-0.15, -0.1) is 0 Å². The zero-order valence-electron chi connectivity index (χ0n) is 16.7. The third-order valence-corrected chi connectivity index (χ3v) is 6.25. The molecular weight excluding hydrogens is 364 g/mol. The van der Waals surface area contributed by atoms with Gasteiger partial charge in [0.2, 0.25) is 0 Å². The Labute approximate surface area is 170 Å². The lowest BCUT2D eigenvalue weighted by atomic mass is 9.92. The number of rotatable bonds is 3. The van der Waals surface area contributed by atoms with E-state index in [1.807, 2.05) is 60.5 Å². The van der Waals surface area contributed by atoms with Crippen LogP contribution < -0.4 is 5.32 Å². The highest BCUT2D eigenvalue weighted by molar-refractivity contribution is 5.99. The number of aromatic nitrogens is 2. The highest BCUT2D eigenvalue weighted by atomic mass is 16.3. The second kappa shape index (κ2) is 7.52. The highest BCUT2D eigenvalue weighted by Crippen LogP contribution is 2.30. The molecule has 2 aromatic heterocycles. The Hall–Kier alpha value is -2.86. The molecule has 0 bridgehead atoms. The van der Waals surface area contributed by atoms with Gasteiger partial charge in [0.1, 0.15) is 11.5 Å². The fourth-order valence-corrected chi connectivity index (χ4v) is 4.58. The Kier molecular flexibility index (Phi) is 4.72. The maximum Gasteiger partial charge on any atom is 0.257 e. The van der Waals surface area contributed by atoms with Crippen molar-refractivity contribution >= 4 is 5.91 Å². The van der Waals surface area contributed by atoms with Crippen molar-refractivity contribution < 1.29 is 9.21 Å². The third kappa shape index (κ3) is 3.49. The van der Waals surface area contributed by atoms with Crippen LogP contribution in [0, 0.1) is 18.8 Å². The van der Waals surface area contributed by atoms with Crippen molar-refractivity contribution in [3.63, 3.8) is 0 Å². The first-order chi connectivity index (χ1) is 14.2. The molecule has 0 saturated carbocycles. The van der Waals surface area contributed by atoms with Crippen molar-refractivity contribution in [2.45, 2.75) is 19.8 Å². The van der Waals surface area contributed by atoms with Gasteiger partial charge in [-0.2, -0.15) is 5.10 Å². The molecule has 4 heterocycles. The lowest BCUT2D eigenvalue weighted by Gasteiger charge is -2.20. The predicted molar refractivity (Wildman–Crippen MR) is 111 cm³/mol. The maximum absolute atomic E-state index is 13.5. The molecule has 6 heteroatoms. The number of likely N-dealkylation sites (tertiary alicyclic amines) is 1. The van der Waals surface area contributed by atoms with Gasteiger partial charge in [-0.05, 0) is 69.0 Å². The number of furan rings is 1. The van der Waals surface area contributed by atoms with Gasteiger partial charge in [0.05, 0.1) is 11.3 Å². The average Bonchev–Trinajstić information content (AvgIpc) is 3.46. The smallest absolute Gasteiger partial charge is 0.257 e. The highest BCUT2D eigenvalue weighted by Gasteiger charge is 2.33. The SMILES string of the molecule is Cc1ccc(-c2nn(-c3ccccc3)cc2C(=O)N2CC[C@@H]3CNC[C@@H]3CC2)o1. The third-order valence-electron chi connectivity index (χ3n) is 6.25. The van der Waals surface area contributed by atoms with Crippen molar-refractivity contribution in [1.29, 1.82) is 0 Å². The van der Waals surface area contributed by atoms with Crippen LogP contribution >= 0.6 is 0 Å². The molecule has 0 unspecified atom stereocenters. The van der Waals surface area contributed by atoms with E-state index in [1.54, 1.807) is 4.68 Å². The second-order valence-electron chi connectivity index (χ2n) is 8.13. The minimum atomic E-state index is 0.0455. The van der Waals surface area contributed by atoms with E-state index in [0.29, 0.717) is 28.9 Å². The Morgan fingerprint density at radius 3 is 2.45 bits per heavy atom. The molecule has 0 radical (unpaired) electrons. The number of nitrogens with one attached hydrogen (secondary N) is 1. The molecule has 2 atom stereocenters. The molecule has 2 aliphatic heterocycles. The number of carbonyl (C=O) groups excluding carboxylic acids is 1. The van der Waals surface area contributed by atoms with E-state index in [-0.39, 0.29) is 5.91 Å². The van der Waals surface area contributed by atoms with Crippen LogP contribution in [0.15, 0.2) is 53.1 Å². The van der Waals surface area contributed by atoms with Gasteiger partial charge in [-0.3, -0.25) is 4.79 Å². The van der Waals surface area contributed by atoms with E-state index in [9.17, 15) is 4.79 Å². The first-order valence-electron chi connectivity index (χ1n) is 10.4. The molecule has 1 aromatic carbocycles. The van der Waals surface area contributed by atoms with Gasteiger partial charge in [0.25, 0.3) is 5.91 Å². The Balaban J connectivity index is 1.49. The van der Waals surface area contributed by atoms with Gasteiger partial charge < -0.3 is 14.6 Å². The average molecular weight is 390 g/mol. The van der Waals surface area contributed by atoms with Crippen LogP contribution in [0.1, 0.15) is 29.0 Å². The van der Waals surface area contributed by atoms with E-state index in [2.05, 4.69) is 5.32 Å². The van der Waals surface area contributed by atoms with Gasteiger partial charge in [-0.25, -0.2) is 4.68 Å². The predicted octanol–water partition coefficient (Wildman–Crippen LogP) is 3.51. The van der Waals surface area contributed by atoms with Crippen LogP contribution in [-0.2, 0) is 0 Å². The lowest BCUT2D eigenvalue weighted by Crippen LogP contribution is -2.32. The molecule has 1 amide bonds. The summed E-state index contributed by atoms with van der Waals surface area (Å²) in [6.07, 6.45) is 3.97. The number of para-hydroxylation sites is 1. The largest absolute Gasteiger partial charge is 0.460 e. The molecule has 29 heavy (non-hydrogen) atoms. The Morgan fingerprint density at radius 1 is 1.07 bits per heavy atom. The van der Waals surface area contributed by atoms with Crippen LogP contribution in [0.2, 0.25) is 0 Å². The van der Waals surface area contributed by atoms with Crippen LogP contribution in [0.5, 0.6) is 0 Å². The summed E-state index contributed by atoms with van der Waals surface area (Å²) in [6, 6.07) is 13.7. The summed E-state index contributed by atoms with van der Waals surface area (Å²) >= 11 is 0. The summed E-state index contributed by atoms with van der Waals surface area (Å²) in [5.74, 6) is 2.86. The fraction of sp³-hybridized carbons (Fsp3) is 0.391. The lowest BCUT2D eigenvalue weighted by molar-refractivity contribution is 0.0759. The Morgan fingerprint density at radius 2 is 1.79 bits per heavy atom. The number of carbonyl (C=O) groups is 1. The number of hydrogen-bond donors (Lipinski definition) is 1. The summed E-state index contributed by atoms with van der Waals surface area (Å²) in [5, 5.41) is 8.22. The van der Waals surface area contributed by atoms with Gasteiger partial charge in [0, 0.05) is 19.3 Å². The second-order valence-corrected chi connectivity index (χ2v) is 8.13. The van der Waals surface area contributed by atoms with Crippen LogP contribution in [-0.4, -0.2) is 46.8 Å². The molecule has 0 aliphatic carbocycles. The minimum Gasteiger partial charge on any atom is -0.460 e. The van der Waals surface area contributed by atoms with Crippen molar-refractivity contribution in [2.75, 3.05) is 26.2 Å². The number of amides is 1. The fourth-order valence-electron chi connectivity index (χ4n) is 4.58. The molecule has 1 N–H and O–H groups in total. The van der Waals surface area contributed by atoms with E-state index >= 15 is 0 Å². The van der Waals surface area contributed by atoms with E-state index in [1.165, 1.54) is 0 Å². The van der Waals surface area contributed by atoms with Crippen molar-refractivity contribution in [3.8, 4) is 17.1 Å². The molecular formula is C23H26N4O2. The van der Waals surface area contributed by atoms with Gasteiger partial charge >= 0.3 is 0 Å². The number of hydrogen-bond acceptors (Lipinski definition) is 4. The van der Waals surface area contributed by atoms with E-state index in [0.717, 1.165) is 50.5 Å².